The summed E-state index contributed by atoms with van der Waals surface area (Å²) in [5, 5.41) is 2.80. The van der Waals surface area contributed by atoms with Gasteiger partial charge in [-0.15, -0.1) is 0 Å². The van der Waals surface area contributed by atoms with E-state index in [-0.39, 0.29) is 11.8 Å². The molecule has 0 spiro atoms. The van der Waals surface area contributed by atoms with Gasteiger partial charge in [0.1, 0.15) is 5.69 Å². The van der Waals surface area contributed by atoms with Gasteiger partial charge < -0.3 is 14.8 Å². The molecule has 1 aliphatic heterocycles. The highest BCUT2D eigenvalue weighted by molar-refractivity contribution is 9.10. The minimum Gasteiger partial charge on any atom is -0.350 e. The number of halogens is 1. The van der Waals surface area contributed by atoms with E-state index in [2.05, 4.69) is 21.2 Å². The van der Waals surface area contributed by atoms with Gasteiger partial charge in [-0.25, -0.2) is 0 Å². The predicted molar refractivity (Wildman–Crippen MR) is 80.5 cm³/mol. The third-order valence-corrected chi connectivity index (χ3v) is 3.97. The second-order valence-corrected chi connectivity index (χ2v) is 6.02. The molecule has 5 nitrogen and oxygen atoms in total. The smallest absolute Gasteiger partial charge is 0.267 e. The molecular weight excluding hydrogens is 322 g/mol. The standard InChI is InChI=1S/C14H20BrN3O2/c1-17-10-11(15)9-12(17)14(20)16-6-5-13(19)18-7-3-2-4-8-18/h9-10H,2-8H2,1H3,(H,16,20). The molecule has 1 aromatic heterocycles. The third-order valence-electron chi connectivity index (χ3n) is 3.54. The van der Waals surface area contributed by atoms with E-state index < -0.39 is 0 Å². The van der Waals surface area contributed by atoms with E-state index in [4.69, 9.17) is 0 Å². The van der Waals surface area contributed by atoms with Gasteiger partial charge in [0.2, 0.25) is 5.91 Å². The lowest BCUT2D eigenvalue weighted by molar-refractivity contribution is -0.131. The average molecular weight is 342 g/mol. The first-order valence-electron chi connectivity index (χ1n) is 6.96. The summed E-state index contributed by atoms with van der Waals surface area (Å²) in [7, 11) is 1.82. The van der Waals surface area contributed by atoms with Gasteiger partial charge in [0, 0.05) is 43.8 Å². The van der Waals surface area contributed by atoms with Crippen molar-refractivity contribution in [3.05, 3.63) is 22.4 Å². The summed E-state index contributed by atoms with van der Waals surface area (Å²) < 4.78 is 2.63. The lowest BCUT2D eigenvalue weighted by atomic mass is 10.1. The Labute approximate surface area is 127 Å². The number of aromatic nitrogens is 1. The van der Waals surface area contributed by atoms with Crippen LogP contribution in [0.4, 0.5) is 0 Å². The van der Waals surface area contributed by atoms with Gasteiger partial charge in [-0.1, -0.05) is 0 Å². The maximum atomic E-state index is 12.0. The van der Waals surface area contributed by atoms with Crippen LogP contribution in [0.1, 0.15) is 36.2 Å². The Hall–Kier alpha value is -1.30. The van der Waals surface area contributed by atoms with Gasteiger partial charge in [-0.05, 0) is 41.3 Å². The second kappa shape index (κ2) is 6.92. The first-order chi connectivity index (χ1) is 9.58. The van der Waals surface area contributed by atoms with Gasteiger partial charge in [0.05, 0.1) is 0 Å². The van der Waals surface area contributed by atoms with E-state index in [0.717, 1.165) is 30.4 Å². The fourth-order valence-electron chi connectivity index (χ4n) is 2.42. The van der Waals surface area contributed by atoms with Gasteiger partial charge in [0.15, 0.2) is 0 Å². The van der Waals surface area contributed by atoms with E-state index >= 15 is 0 Å². The number of likely N-dealkylation sites (tertiary alicyclic amines) is 1. The molecule has 1 N–H and O–H groups in total. The molecule has 2 amide bonds. The van der Waals surface area contributed by atoms with Crippen LogP contribution in [-0.4, -0.2) is 40.9 Å². The number of nitrogens with one attached hydrogen (secondary N) is 1. The number of piperidine rings is 1. The fourth-order valence-corrected chi connectivity index (χ4v) is 2.95. The quantitative estimate of drug-likeness (QED) is 0.909. The number of nitrogens with zero attached hydrogens (tertiary/aromatic N) is 2. The summed E-state index contributed by atoms with van der Waals surface area (Å²) >= 11 is 3.33. The van der Waals surface area contributed by atoms with Crippen molar-refractivity contribution in [2.24, 2.45) is 7.05 Å². The van der Waals surface area contributed by atoms with Gasteiger partial charge in [0.25, 0.3) is 5.91 Å². The number of carbonyl (C=O) groups excluding carboxylic acids is 2. The van der Waals surface area contributed by atoms with Gasteiger partial charge >= 0.3 is 0 Å². The highest BCUT2D eigenvalue weighted by Gasteiger charge is 2.17. The van der Waals surface area contributed by atoms with Crippen LogP contribution in [0.15, 0.2) is 16.7 Å². The van der Waals surface area contributed by atoms with Crippen molar-refractivity contribution in [2.75, 3.05) is 19.6 Å². The Kier molecular flexibility index (Phi) is 5.23. The number of rotatable bonds is 4. The lowest BCUT2D eigenvalue weighted by Gasteiger charge is -2.26. The molecule has 0 saturated carbocycles. The molecule has 1 fully saturated rings. The molecule has 1 saturated heterocycles. The summed E-state index contributed by atoms with van der Waals surface area (Å²) in [4.78, 5) is 25.8. The van der Waals surface area contributed by atoms with E-state index in [9.17, 15) is 9.59 Å². The van der Waals surface area contributed by atoms with Crippen molar-refractivity contribution < 1.29 is 9.59 Å². The van der Waals surface area contributed by atoms with Gasteiger partial charge in [-0.3, -0.25) is 9.59 Å². The lowest BCUT2D eigenvalue weighted by Crippen LogP contribution is -2.38. The van der Waals surface area contributed by atoms with E-state index in [1.807, 2.05) is 18.1 Å². The Morgan fingerprint density at radius 2 is 2.00 bits per heavy atom. The van der Waals surface area contributed by atoms with Crippen LogP contribution >= 0.6 is 15.9 Å². The highest BCUT2D eigenvalue weighted by atomic mass is 79.9. The van der Waals surface area contributed by atoms with Crippen molar-refractivity contribution in [3.63, 3.8) is 0 Å². The summed E-state index contributed by atoms with van der Waals surface area (Å²) in [5.41, 5.74) is 0.585. The molecule has 2 rings (SSSR count). The van der Waals surface area contributed by atoms with Gasteiger partial charge in [-0.2, -0.15) is 0 Å². The molecule has 2 heterocycles. The molecule has 110 valence electrons. The van der Waals surface area contributed by atoms with Crippen molar-refractivity contribution in [1.29, 1.82) is 0 Å². The number of amides is 2. The van der Waals surface area contributed by atoms with E-state index in [1.54, 1.807) is 10.6 Å². The highest BCUT2D eigenvalue weighted by Crippen LogP contribution is 2.13. The normalized spacial score (nSPS) is 15.2. The second-order valence-electron chi connectivity index (χ2n) is 5.10. The largest absolute Gasteiger partial charge is 0.350 e. The van der Waals surface area contributed by atoms with Crippen LogP contribution < -0.4 is 5.32 Å². The van der Waals surface area contributed by atoms with Crippen molar-refractivity contribution in [3.8, 4) is 0 Å². The Morgan fingerprint density at radius 3 is 2.60 bits per heavy atom. The minimum atomic E-state index is -0.148. The molecule has 0 aliphatic carbocycles. The molecule has 6 heteroatoms. The topological polar surface area (TPSA) is 54.3 Å². The molecule has 0 unspecified atom stereocenters. The van der Waals surface area contributed by atoms with Crippen LogP contribution in [-0.2, 0) is 11.8 Å². The monoisotopic (exact) mass is 341 g/mol. The van der Waals surface area contributed by atoms with E-state index in [1.165, 1.54) is 6.42 Å². The summed E-state index contributed by atoms with van der Waals surface area (Å²) in [6, 6.07) is 1.77. The average Bonchev–Trinajstić information content (AvgIpc) is 2.78. The SMILES string of the molecule is Cn1cc(Br)cc1C(=O)NCCC(=O)N1CCCCC1. The summed E-state index contributed by atoms with van der Waals surface area (Å²) in [6.07, 6.45) is 5.60. The zero-order chi connectivity index (χ0) is 14.5. The molecule has 1 aliphatic rings. The zero-order valence-corrected chi connectivity index (χ0v) is 13.3. The first kappa shape index (κ1) is 15.1. The van der Waals surface area contributed by atoms with Crippen LogP contribution in [0, 0.1) is 0 Å². The predicted octanol–water partition coefficient (Wildman–Crippen LogP) is 1.92. The number of hydrogen-bond donors (Lipinski definition) is 1. The van der Waals surface area contributed by atoms with Crippen molar-refractivity contribution in [2.45, 2.75) is 25.7 Å². The van der Waals surface area contributed by atoms with Crippen LogP contribution in [0.25, 0.3) is 0 Å². The molecule has 0 radical (unpaired) electrons. The fraction of sp³-hybridized carbons (Fsp3) is 0.571. The Morgan fingerprint density at radius 1 is 1.30 bits per heavy atom. The Bertz CT molecular complexity index is 493. The number of hydrogen-bond acceptors (Lipinski definition) is 2. The first-order valence-corrected chi connectivity index (χ1v) is 7.75. The molecule has 0 aromatic carbocycles. The summed E-state index contributed by atoms with van der Waals surface area (Å²) in [5.74, 6) is -0.0114. The van der Waals surface area contributed by atoms with Crippen LogP contribution in [0.5, 0.6) is 0 Å². The molecule has 20 heavy (non-hydrogen) atoms. The number of carbonyl (C=O) groups is 2. The molecule has 0 atom stereocenters. The minimum absolute atomic E-state index is 0.137. The zero-order valence-electron chi connectivity index (χ0n) is 11.7. The Balaban J connectivity index is 1.76. The van der Waals surface area contributed by atoms with Crippen LogP contribution in [0.2, 0.25) is 0 Å². The van der Waals surface area contributed by atoms with Crippen molar-refractivity contribution in [1.82, 2.24) is 14.8 Å². The third kappa shape index (κ3) is 3.85. The maximum Gasteiger partial charge on any atom is 0.267 e. The molecule has 1 aromatic rings. The van der Waals surface area contributed by atoms with Crippen LogP contribution in [0.3, 0.4) is 0 Å². The number of aryl methyl sites for hydroxylation is 1. The summed E-state index contributed by atoms with van der Waals surface area (Å²) in [6.45, 7) is 2.10. The van der Waals surface area contributed by atoms with Crippen molar-refractivity contribution >= 4 is 27.7 Å². The molecular formula is C14H20BrN3O2. The molecule has 0 bridgehead atoms. The van der Waals surface area contributed by atoms with E-state index in [0.29, 0.717) is 18.7 Å². The maximum absolute atomic E-state index is 12.0.